The molecule has 0 N–H and O–H groups in total. The van der Waals surface area contributed by atoms with Crippen LogP contribution >= 0.6 is 22.9 Å². The molecule has 8 heteroatoms. The summed E-state index contributed by atoms with van der Waals surface area (Å²) in [6.07, 6.45) is 1.58. The van der Waals surface area contributed by atoms with Crippen LogP contribution in [0.4, 0.5) is 5.69 Å². The standard InChI is InChI=1S/C22H18ClN3O3S/c23-15-3-6-21-24-16(10-22(27)26(21)12-15)13-25(14-18-2-1-9-30-18)17-4-5-19-20(11-17)29-8-7-28-19/h1-6,9-12H,7-8,13-14H2. The predicted molar refractivity (Wildman–Crippen MR) is 118 cm³/mol. The summed E-state index contributed by atoms with van der Waals surface area (Å²) in [5.74, 6) is 1.48. The first kappa shape index (κ1) is 19.0. The fourth-order valence-corrected chi connectivity index (χ4v) is 4.34. The van der Waals surface area contributed by atoms with E-state index in [1.165, 1.54) is 9.28 Å². The molecule has 1 aliphatic heterocycles. The van der Waals surface area contributed by atoms with Gasteiger partial charge in [-0.1, -0.05) is 17.7 Å². The molecular weight excluding hydrogens is 422 g/mol. The molecule has 5 rings (SSSR count). The summed E-state index contributed by atoms with van der Waals surface area (Å²) < 4.78 is 12.9. The van der Waals surface area contributed by atoms with Crippen LogP contribution in [0.15, 0.2) is 64.9 Å². The van der Waals surface area contributed by atoms with Crippen LogP contribution in [0.3, 0.4) is 0 Å². The molecular formula is C22H18ClN3O3S. The number of benzene rings is 1. The molecule has 152 valence electrons. The molecule has 3 aromatic heterocycles. The van der Waals surface area contributed by atoms with Gasteiger partial charge in [-0.3, -0.25) is 9.20 Å². The molecule has 0 saturated heterocycles. The monoisotopic (exact) mass is 439 g/mol. The van der Waals surface area contributed by atoms with Gasteiger partial charge in [-0.15, -0.1) is 11.3 Å². The lowest BCUT2D eigenvalue weighted by atomic mass is 10.2. The van der Waals surface area contributed by atoms with Crippen LogP contribution in [0.1, 0.15) is 10.6 Å². The van der Waals surface area contributed by atoms with Crippen molar-refractivity contribution in [2.45, 2.75) is 13.1 Å². The van der Waals surface area contributed by atoms with Crippen LogP contribution in [0.2, 0.25) is 5.02 Å². The largest absolute Gasteiger partial charge is 0.486 e. The average Bonchev–Trinajstić information content (AvgIpc) is 3.27. The second-order valence-electron chi connectivity index (χ2n) is 6.92. The summed E-state index contributed by atoms with van der Waals surface area (Å²) in [5.41, 5.74) is 2.08. The van der Waals surface area contributed by atoms with Crippen LogP contribution in [0.5, 0.6) is 11.5 Å². The minimum atomic E-state index is -0.157. The molecule has 0 radical (unpaired) electrons. The lowest BCUT2D eigenvalue weighted by Crippen LogP contribution is -2.25. The topological polar surface area (TPSA) is 56.1 Å². The van der Waals surface area contributed by atoms with Crippen molar-refractivity contribution in [3.63, 3.8) is 0 Å². The van der Waals surface area contributed by atoms with Crippen molar-refractivity contribution in [1.29, 1.82) is 0 Å². The fourth-order valence-electron chi connectivity index (χ4n) is 3.46. The van der Waals surface area contributed by atoms with Crippen molar-refractivity contribution in [2.75, 3.05) is 18.1 Å². The Morgan fingerprint density at radius 1 is 1.07 bits per heavy atom. The molecule has 6 nitrogen and oxygen atoms in total. The van der Waals surface area contributed by atoms with E-state index in [2.05, 4.69) is 21.3 Å². The van der Waals surface area contributed by atoms with E-state index in [9.17, 15) is 4.79 Å². The van der Waals surface area contributed by atoms with Crippen LogP contribution < -0.4 is 19.9 Å². The molecule has 0 amide bonds. The van der Waals surface area contributed by atoms with Gasteiger partial charge in [-0.2, -0.15) is 0 Å². The first-order chi connectivity index (χ1) is 14.7. The summed E-state index contributed by atoms with van der Waals surface area (Å²) in [6, 6.07) is 15.1. The maximum absolute atomic E-state index is 12.6. The Kier molecular flexibility index (Phi) is 5.06. The van der Waals surface area contributed by atoms with E-state index >= 15 is 0 Å². The van der Waals surface area contributed by atoms with Crippen molar-refractivity contribution in [3.05, 3.63) is 86.1 Å². The van der Waals surface area contributed by atoms with Gasteiger partial charge in [-0.05, 0) is 35.7 Å². The molecule has 0 aliphatic carbocycles. The van der Waals surface area contributed by atoms with Crippen LogP contribution in [0, 0.1) is 0 Å². The number of thiophene rings is 1. The Morgan fingerprint density at radius 2 is 1.93 bits per heavy atom. The molecule has 4 aromatic rings. The van der Waals surface area contributed by atoms with Gasteiger partial charge in [0.25, 0.3) is 5.56 Å². The summed E-state index contributed by atoms with van der Waals surface area (Å²) in [6.45, 7) is 2.26. The van der Waals surface area contributed by atoms with Gasteiger partial charge in [0, 0.05) is 28.9 Å². The molecule has 0 bridgehead atoms. The van der Waals surface area contributed by atoms with Crippen LogP contribution in [0.25, 0.3) is 5.65 Å². The quantitative estimate of drug-likeness (QED) is 0.461. The number of anilines is 1. The number of fused-ring (bicyclic) bond motifs is 2. The zero-order valence-electron chi connectivity index (χ0n) is 16.0. The molecule has 0 saturated carbocycles. The first-order valence-electron chi connectivity index (χ1n) is 9.50. The van der Waals surface area contributed by atoms with Gasteiger partial charge >= 0.3 is 0 Å². The number of halogens is 1. The number of nitrogens with zero attached hydrogens (tertiary/aromatic N) is 3. The zero-order valence-corrected chi connectivity index (χ0v) is 17.5. The van der Waals surface area contributed by atoms with Gasteiger partial charge in [0.15, 0.2) is 11.5 Å². The lowest BCUT2D eigenvalue weighted by molar-refractivity contribution is 0.171. The van der Waals surface area contributed by atoms with E-state index in [1.54, 1.807) is 35.7 Å². The molecule has 0 spiro atoms. The number of hydrogen-bond donors (Lipinski definition) is 0. The van der Waals surface area contributed by atoms with E-state index in [0.29, 0.717) is 42.7 Å². The van der Waals surface area contributed by atoms with Gasteiger partial charge in [-0.25, -0.2) is 4.98 Å². The van der Waals surface area contributed by atoms with Gasteiger partial charge in [0.1, 0.15) is 18.9 Å². The number of rotatable bonds is 5. The maximum Gasteiger partial charge on any atom is 0.258 e. The normalized spacial score (nSPS) is 12.8. The summed E-state index contributed by atoms with van der Waals surface area (Å²) in [4.78, 5) is 20.7. The van der Waals surface area contributed by atoms with Gasteiger partial charge < -0.3 is 14.4 Å². The highest BCUT2D eigenvalue weighted by atomic mass is 35.5. The Morgan fingerprint density at radius 3 is 2.77 bits per heavy atom. The van der Waals surface area contributed by atoms with E-state index < -0.39 is 0 Å². The third kappa shape index (κ3) is 3.86. The van der Waals surface area contributed by atoms with Crippen molar-refractivity contribution in [2.24, 2.45) is 0 Å². The molecule has 30 heavy (non-hydrogen) atoms. The molecule has 0 atom stereocenters. The summed E-state index contributed by atoms with van der Waals surface area (Å²) in [5, 5.41) is 2.55. The van der Waals surface area contributed by atoms with Crippen molar-refractivity contribution in [3.8, 4) is 11.5 Å². The maximum atomic E-state index is 12.6. The number of hydrogen-bond acceptors (Lipinski definition) is 6. The third-order valence-corrected chi connectivity index (χ3v) is 5.93. The highest BCUT2D eigenvalue weighted by Crippen LogP contribution is 2.35. The Bertz CT molecular complexity index is 1260. The molecule has 4 heterocycles. The Hall–Kier alpha value is -3.03. The summed E-state index contributed by atoms with van der Waals surface area (Å²) in [7, 11) is 0. The molecule has 1 aliphatic rings. The number of pyridine rings is 1. The predicted octanol–water partition coefficient (Wildman–Crippen LogP) is 4.39. The fraction of sp³-hybridized carbons (Fsp3) is 0.182. The van der Waals surface area contributed by atoms with E-state index in [0.717, 1.165) is 17.2 Å². The van der Waals surface area contributed by atoms with E-state index in [4.69, 9.17) is 21.1 Å². The lowest BCUT2D eigenvalue weighted by Gasteiger charge is -2.26. The second kappa shape index (κ2) is 8.01. The SMILES string of the molecule is O=c1cc(CN(Cc2cccs2)c2ccc3c(c2)OCCO3)nc2ccc(Cl)cn12. The smallest absolute Gasteiger partial charge is 0.258 e. The minimum Gasteiger partial charge on any atom is -0.486 e. The van der Waals surface area contributed by atoms with Crippen LogP contribution in [-0.2, 0) is 13.1 Å². The molecule has 1 aromatic carbocycles. The highest BCUT2D eigenvalue weighted by Gasteiger charge is 2.17. The second-order valence-corrected chi connectivity index (χ2v) is 8.39. The number of aromatic nitrogens is 2. The molecule has 0 unspecified atom stereocenters. The Balaban J connectivity index is 1.52. The Labute approximate surface area is 181 Å². The van der Waals surface area contributed by atoms with Gasteiger partial charge in [0.05, 0.1) is 23.8 Å². The average molecular weight is 440 g/mol. The number of ether oxygens (including phenoxy) is 2. The van der Waals surface area contributed by atoms with Gasteiger partial charge in [0.2, 0.25) is 0 Å². The van der Waals surface area contributed by atoms with E-state index in [-0.39, 0.29) is 5.56 Å². The van der Waals surface area contributed by atoms with Crippen LogP contribution in [-0.4, -0.2) is 22.6 Å². The highest BCUT2D eigenvalue weighted by molar-refractivity contribution is 7.09. The van der Waals surface area contributed by atoms with Crippen molar-refractivity contribution < 1.29 is 9.47 Å². The van der Waals surface area contributed by atoms with E-state index in [1.807, 2.05) is 24.3 Å². The summed E-state index contributed by atoms with van der Waals surface area (Å²) >= 11 is 7.71. The molecule has 0 fully saturated rings. The van der Waals surface area contributed by atoms with Crippen molar-refractivity contribution >= 4 is 34.3 Å². The van der Waals surface area contributed by atoms with Crippen molar-refractivity contribution in [1.82, 2.24) is 9.38 Å². The third-order valence-electron chi connectivity index (χ3n) is 4.85. The minimum absolute atomic E-state index is 0.157. The zero-order chi connectivity index (χ0) is 20.5. The first-order valence-corrected chi connectivity index (χ1v) is 10.8.